The van der Waals surface area contributed by atoms with Crippen LogP contribution in [0.25, 0.3) is 0 Å². The molecule has 4 nitrogen and oxygen atoms in total. The van der Waals surface area contributed by atoms with E-state index in [0.717, 1.165) is 41.7 Å². The number of nitrogens with zero attached hydrogens (tertiary/aromatic N) is 1. The molecule has 0 aliphatic carbocycles. The highest BCUT2D eigenvalue weighted by atomic mass is 32.2. The number of ether oxygens (including phenoxy) is 1. The fourth-order valence-corrected chi connectivity index (χ4v) is 3.46. The molecule has 2 aromatic carbocycles. The van der Waals surface area contributed by atoms with Crippen molar-refractivity contribution in [3.8, 4) is 5.75 Å². The van der Waals surface area contributed by atoms with Crippen LogP contribution in [0.15, 0.2) is 53.4 Å². The Morgan fingerprint density at radius 2 is 1.85 bits per heavy atom. The summed E-state index contributed by atoms with van der Waals surface area (Å²) < 4.78 is 5.15. The highest BCUT2D eigenvalue weighted by Crippen LogP contribution is 2.22. The number of thioether (sulfide) groups is 1. The molecule has 0 saturated heterocycles. The quantitative estimate of drug-likeness (QED) is 0.616. The van der Waals surface area contributed by atoms with E-state index in [1.807, 2.05) is 36.4 Å². The third-order valence-electron chi connectivity index (χ3n) is 4.17. The number of carbonyl (C=O) groups is 1. The minimum Gasteiger partial charge on any atom is -0.497 e. The Bertz CT molecular complexity index is 685. The van der Waals surface area contributed by atoms with E-state index in [2.05, 4.69) is 36.2 Å². The Balaban J connectivity index is 1.79. The second kappa shape index (κ2) is 10.9. The second-order valence-electron chi connectivity index (χ2n) is 5.98. The monoisotopic (exact) mass is 372 g/mol. The first-order valence-electron chi connectivity index (χ1n) is 9.02. The molecular formula is C21H28N2O2S. The maximum Gasteiger partial charge on any atom is 0.225 e. The minimum atomic E-state index is 0.0472. The summed E-state index contributed by atoms with van der Waals surface area (Å²) in [4.78, 5) is 15.7. The zero-order valence-corrected chi connectivity index (χ0v) is 16.6. The van der Waals surface area contributed by atoms with Crippen LogP contribution < -0.4 is 10.1 Å². The van der Waals surface area contributed by atoms with Gasteiger partial charge in [-0.1, -0.05) is 26.0 Å². The standard InChI is InChI=1S/C21H28N2O2S/c1-4-23(5-2)16-17-7-6-8-18(15-17)22-21(24)13-14-26-20-11-9-19(25-3)10-12-20/h6-12,15H,4-5,13-14,16H2,1-3H3,(H,22,24). The Hall–Kier alpha value is -1.98. The first-order valence-corrected chi connectivity index (χ1v) is 10.0. The van der Waals surface area contributed by atoms with Crippen molar-refractivity contribution in [3.05, 3.63) is 54.1 Å². The summed E-state index contributed by atoms with van der Waals surface area (Å²) in [5.41, 5.74) is 2.09. The molecule has 0 fully saturated rings. The van der Waals surface area contributed by atoms with Gasteiger partial charge in [0.15, 0.2) is 0 Å². The van der Waals surface area contributed by atoms with Crippen LogP contribution >= 0.6 is 11.8 Å². The van der Waals surface area contributed by atoms with Gasteiger partial charge in [0.25, 0.3) is 0 Å². The SMILES string of the molecule is CCN(CC)Cc1cccc(NC(=O)CCSc2ccc(OC)cc2)c1. The molecule has 0 aromatic heterocycles. The van der Waals surface area contributed by atoms with Crippen LogP contribution in [-0.2, 0) is 11.3 Å². The molecule has 0 saturated carbocycles. The zero-order valence-electron chi connectivity index (χ0n) is 15.8. The van der Waals surface area contributed by atoms with Gasteiger partial charge in [0, 0.05) is 29.3 Å². The lowest BCUT2D eigenvalue weighted by Gasteiger charge is -2.18. The molecule has 0 bridgehead atoms. The van der Waals surface area contributed by atoms with Crippen LogP contribution in [0.4, 0.5) is 5.69 Å². The van der Waals surface area contributed by atoms with Gasteiger partial charge in [0.2, 0.25) is 5.91 Å². The highest BCUT2D eigenvalue weighted by Gasteiger charge is 2.06. The fourth-order valence-electron chi connectivity index (χ4n) is 2.61. The van der Waals surface area contributed by atoms with Gasteiger partial charge >= 0.3 is 0 Å². The average Bonchev–Trinajstić information content (AvgIpc) is 2.67. The number of nitrogens with one attached hydrogen (secondary N) is 1. The topological polar surface area (TPSA) is 41.6 Å². The third kappa shape index (κ3) is 6.73. The molecule has 0 radical (unpaired) electrons. The fraction of sp³-hybridized carbons (Fsp3) is 0.381. The molecule has 26 heavy (non-hydrogen) atoms. The molecule has 0 unspecified atom stereocenters. The molecule has 0 heterocycles. The molecule has 5 heteroatoms. The molecule has 0 spiro atoms. The highest BCUT2D eigenvalue weighted by molar-refractivity contribution is 7.99. The lowest BCUT2D eigenvalue weighted by atomic mass is 10.2. The number of hydrogen-bond acceptors (Lipinski definition) is 4. The molecule has 1 N–H and O–H groups in total. The normalized spacial score (nSPS) is 10.8. The molecule has 2 rings (SSSR count). The Morgan fingerprint density at radius 1 is 1.12 bits per heavy atom. The van der Waals surface area contributed by atoms with Crippen molar-refractivity contribution in [3.63, 3.8) is 0 Å². The maximum absolute atomic E-state index is 12.2. The zero-order chi connectivity index (χ0) is 18.8. The average molecular weight is 373 g/mol. The number of amides is 1. The van der Waals surface area contributed by atoms with Crippen molar-refractivity contribution in [2.24, 2.45) is 0 Å². The summed E-state index contributed by atoms with van der Waals surface area (Å²) in [5, 5.41) is 3.01. The van der Waals surface area contributed by atoms with E-state index in [4.69, 9.17) is 4.74 Å². The van der Waals surface area contributed by atoms with Crippen molar-refractivity contribution < 1.29 is 9.53 Å². The van der Waals surface area contributed by atoms with Crippen molar-refractivity contribution in [1.29, 1.82) is 0 Å². The largest absolute Gasteiger partial charge is 0.497 e. The van der Waals surface area contributed by atoms with E-state index in [0.29, 0.717) is 6.42 Å². The molecule has 2 aromatic rings. The Kier molecular flexibility index (Phi) is 8.51. The minimum absolute atomic E-state index is 0.0472. The van der Waals surface area contributed by atoms with Gasteiger partial charge in [-0.25, -0.2) is 0 Å². The van der Waals surface area contributed by atoms with Crippen LogP contribution in [0.5, 0.6) is 5.75 Å². The van der Waals surface area contributed by atoms with Gasteiger partial charge in [0.05, 0.1) is 7.11 Å². The van der Waals surface area contributed by atoms with E-state index in [9.17, 15) is 4.79 Å². The van der Waals surface area contributed by atoms with Gasteiger partial charge in [-0.3, -0.25) is 9.69 Å². The molecule has 0 aliphatic rings. The van der Waals surface area contributed by atoms with Gasteiger partial charge in [-0.15, -0.1) is 11.8 Å². The van der Waals surface area contributed by atoms with Gasteiger partial charge in [0.1, 0.15) is 5.75 Å². The van der Waals surface area contributed by atoms with Gasteiger partial charge in [-0.05, 0) is 55.1 Å². The van der Waals surface area contributed by atoms with Crippen molar-refractivity contribution in [1.82, 2.24) is 4.90 Å². The predicted octanol–water partition coefficient (Wildman–Crippen LogP) is 4.66. The summed E-state index contributed by atoms with van der Waals surface area (Å²) >= 11 is 1.67. The number of carbonyl (C=O) groups excluding carboxylic acids is 1. The van der Waals surface area contributed by atoms with Crippen LogP contribution in [0.2, 0.25) is 0 Å². The van der Waals surface area contributed by atoms with Gasteiger partial charge in [-0.2, -0.15) is 0 Å². The van der Waals surface area contributed by atoms with Crippen molar-refractivity contribution >= 4 is 23.4 Å². The summed E-state index contributed by atoms with van der Waals surface area (Å²) in [6.45, 7) is 7.28. The van der Waals surface area contributed by atoms with Crippen molar-refractivity contribution in [2.45, 2.75) is 31.7 Å². The first-order chi connectivity index (χ1) is 12.6. The Morgan fingerprint density at radius 3 is 2.50 bits per heavy atom. The molecule has 0 aliphatic heterocycles. The third-order valence-corrected chi connectivity index (χ3v) is 5.18. The number of methoxy groups -OCH3 is 1. The van der Waals surface area contributed by atoms with Gasteiger partial charge < -0.3 is 10.1 Å². The summed E-state index contributed by atoms with van der Waals surface area (Å²) in [5.74, 6) is 1.64. The van der Waals surface area contributed by atoms with Crippen LogP contribution in [-0.4, -0.2) is 36.8 Å². The van der Waals surface area contributed by atoms with E-state index < -0.39 is 0 Å². The predicted molar refractivity (Wildman–Crippen MR) is 110 cm³/mol. The summed E-state index contributed by atoms with van der Waals surface area (Å²) in [6.07, 6.45) is 0.483. The molecular weight excluding hydrogens is 344 g/mol. The molecule has 0 atom stereocenters. The van der Waals surface area contributed by atoms with Crippen LogP contribution in [0, 0.1) is 0 Å². The smallest absolute Gasteiger partial charge is 0.225 e. The van der Waals surface area contributed by atoms with Crippen LogP contribution in [0.1, 0.15) is 25.8 Å². The first kappa shape index (κ1) is 20.3. The maximum atomic E-state index is 12.2. The summed E-state index contributed by atoms with van der Waals surface area (Å²) in [7, 11) is 1.66. The Labute approximate surface area is 160 Å². The van der Waals surface area contributed by atoms with E-state index in [-0.39, 0.29) is 5.91 Å². The lowest BCUT2D eigenvalue weighted by molar-refractivity contribution is -0.115. The summed E-state index contributed by atoms with van der Waals surface area (Å²) in [6, 6.07) is 16.0. The molecule has 1 amide bonds. The number of benzene rings is 2. The molecule has 140 valence electrons. The van der Waals surface area contributed by atoms with Crippen molar-refractivity contribution in [2.75, 3.05) is 31.3 Å². The lowest BCUT2D eigenvalue weighted by Crippen LogP contribution is -2.22. The second-order valence-corrected chi connectivity index (χ2v) is 7.15. The van der Waals surface area contributed by atoms with E-state index >= 15 is 0 Å². The number of hydrogen-bond donors (Lipinski definition) is 1. The van der Waals surface area contributed by atoms with Crippen LogP contribution in [0.3, 0.4) is 0 Å². The number of anilines is 1. The van der Waals surface area contributed by atoms with E-state index in [1.54, 1.807) is 18.9 Å². The number of rotatable bonds is 10. The van der Waals surface area contributed by atoms with E-state index in [1.165, 1.54) is 5.56 Å².